The summed E-state index contributed by atoms with van der Waals surface area (Å²) in [6.45, 7) is 8.95. The molecule has 0 amide bonds. The van der Waals surface area contributed by atoms with Crippen molar-refractivity contribution in [1.29, 1.82) is 0 Å². The molecule has 144 valence electrons. The molecule has 1 N–H and O–H groups in total. The third-order valence-electron chi connectivity index (χ3n) is 4.85. The Bertz CT molecular complexity index is 1010. The van der Waals surface area contributed by atoms with Gasteiger partial charge in [0, 0.05) is 10.4 Å². The minimum absolute atomic E-state index is 0.0782. The largest absolute Gasteiger partial charge is 0.493 e. The van der Waals surface area contributed by atoms with Crippen LogP contribution in [0, 0.1) is 12.8 Å². The van der Waals surface area contributed by atoms with Crippen LogP contribution in [-0.4, -0.2) is 23.7 Å². The SMILES string of the molecule is CCOc1ccc(-c2nc3sc(C)c(C[C@@H](C)CC)c3c(=O)[nH]2)cc1OC. The zero-order chi connectivity index (χ0) is 19.6. The van der Waals surface area contributed by atoms with Crippen LogP contribution < -0.4 is 15.0 Å². The van der Waals surface area contributed by atoms with Crippen LogP contribution in [0.1, 0.15) is 37.6 Å². The molecule has 0 aliphatic heterocycles. The first kappa shape index (κ1) is 19.4. The molecule has 0 bridgehead atoms. The van der Waals surface area contributed by atoms with Crippen LogP contribution in [0.5, 0.6) is 11.5 Å². The quantitative estimate of drug-likeness (QED) is 0.623. The number of hydrogen-bond donors (Lipinski definition) is 1. The lowest BCUT2D eigenvalue weighted by molar-refractivity contribution is 0.311. The first-order chi connectivity index (χ1) is 13.0. The molecule has 0 aliphatic carbocycles. The highest BCUT2D eigenvalue weighted by atomic mass is 32.1. The van der Waals surface area contributed by atoms with Crippen LogP contribution >= 0.6 is 11.3 Å². The predicted molar refractivity (Wildman–Crippen MR) is 111 cm³/mol. The number of thiophene rings is 1. The van der Waals surface area contributed by atoms with Crippen LogP contribution in [-0.2, 0) is 6.42 Å². The van der Waals surface area contributed by atoms with E-state index in [9.17, 15) is 4.79 Å². The Kier molecular flexibility index (Phi) is 5.85. The van der Waals surface area contributed by atoms with Gasteiger partial charge in [0.2, 0.25) is 0 Å². The first-order valence-electron chi connectivity index (χ1n) is 9.31. The standard InChI is InChI=1S/C21H26N2O3S/c1-6-12(3)10-15-13(4)27-21-18(15)20(24)22-19(23-21)14-8-9-16(26-7-2)17(11-14)25-5/h8-9,11-12H,6-7,10H2,1-5H3,(H,22,23,24)/t12-/m0/s1. The van der Waals surface area contributed by atoms with Gasteiger partial charge in [0.15, 0.2) is 11.5 Å². The number of aryl methyl sites for hydroxylation is 1. The predicted octanol–water partition coefficient (Wildman–Crippen LogP) is 4.96. The first-order valence-corrected chi connectivity index (χ1v) is 10.1. The Morgan fingerprint density at radius 3 is 2.70 bits per heavy atom. The maximum atomic E-state index is 12.9. The van der Waals surface area contributed by atoms with Crippen molar-refractivity contribution in [3.63, 3.8) is 0 Å². The van der Waals surface area contributed by atoms with Crippen molar-refractivity contribution in [3.8, 4) is 22.9 Å². The number of nitrogens with zero attached hydrogens (tertiary/aromatic N) is 1. The fourth-order valence-electron chi connectivity index (χ4n) is 3.14. The van der Waals surface area contributed by atoms with Crippen molar-refractivity contribution in [1.82, 2.24) is 9.97 Å². The van der Waals surface area contributed by atoms with E-state index in [1.165, 1.54) is 4.88 Å². The molecule has 0 fully saturated rings. The van der Waals surface area contributed by atoms with Gasteiger partial charge < -0.3 is 14.5 Å². The Balaban J connectivity index is 2.08. The molecule has 6 heteroatoms. The van der Waals surface area contributed by atoms with Gasteiger partial charge in [-0.2, -0.15) is 0 Å². The van der Waals surface area contributed by atoms with Gasteiger partial charge in [-0.15, -0.1) is 11.3 Å². The number of H-pyrrole nitrogens is 1. The summed E-state index contributed by atoms with van der Waals surface area (Å²) in [6.07, 6.45) is 2.00. The topological polar surface area (TPSA) is 64.2 Å². The second-order valence-electron chi connectivity index (χ2n) is 6.75. The third-order valence-corrected chi connectivity index (χ3v) is 5.89. The molecule has 0 unspecified atom stereocenters. The van der Waals surface area contributed by atoms with E-state index in [1.54, 1.807) is 18.4 Å². The van der Waals surface area contributed by atoms with Crippen LogP contribution in [0.25, 0.3) is 21.6 Å². The summed E-state index contributed by atoms with van der Waals surface area (Å²) in [7, 11) is 1.60. The maximum Gasteiger partial charge on any atom is 0.260 e. The highest BCUT2D eigenvalue weighted by Gasteiger charge is 2.18. The van der Waals surface area contributed by atoms with Crippen LogP contribution in [0.3, 0.4) is 0 Å². The normalized spacial score (nSPS) is 12.3. The van der Waals surface area contributed by atoms with Crippen LogP contribution in [0.15, 0.2) is 23.0 Å². The smallest absolute Gasteiger partial charge is 0.260 e. The molecule has 3 aromatic rings. The molecular weight excluding hydrogens is 360 g/mol. The molecule has 1 atom stereocenters. The zero-order valence-electron chi connectivity index (χ0n) is 16.5. The summed E-state index contributed by atoms with van der Waals surface area (Å²) >= 11 is 1.59. The van der Waals surface area contributed by atoms with Gasteiger partial charge in [-0.25, -0.2) is 4.98 Å². The molecule has 0 saturated heterocycles. The van der Waals surface area contributed by atoms with Crippen molar-refractivity contribution < 1.29 is 9.47 Å². The van der Waals surface area contributed by atoms with Gasteiger partial charge in [-0.3, -0.25) is 4.79 Å². The van der Waals surface area contributed by atoms with Crippen LogP contribution in [0.4, 0.5) is 0 Å². The lowest BCUT2D eigenvalue weighted by Gasteiger charge is -2.11. The monoisotopic (exact) mass is 386 g/mol. The lowest BCUT2D eigenvalue weighted by Crippen LogP contribution is -2.11. The van der Waals surface area contributed by atoms with Gasteiger partial charge in [0.05, 0.1) is 19.1 Å². The number of benzene rings is 1. The number of aromatic amines is 1. The fourth-order valence-corrected chi connectivity index (χ4v) is 4.19. The molecule has 1 aromatic carbocycles. The van der Waals surface area contributed by atoms with E-state index >= 15 is 0 Å². The van der Waals surface area contributed by atoms with Crippen molar-refractivity contribution in [2.75, 3.05) is 13.7 Å². The Morgan fingerprint density at radius 1 is 1.26 bits per heavy atom. The van der Waals surface area contributed by atoms with Gasteiger partial charge >= 0.3 is 0 Å². The van der Waals surface area contributed by atoms with Crippen molar-refractivity contribution in [2.24, 2.45) is 5.92 Å². The Labute approximate surface area is 163 Å². The summed E-state index contributed by atoms with van der Waals surface area (Å²) in [5.74, 6) is 2.38. The van der Waals surface area contributed by atoms with E-state index in [0.717, 1.165) is 34.2 Å². The molecule has 0 spiro atoms. The molecule has 0 saturated carbocycles. The lowest BCUT2D eigenvalue weighted by atomic mass is 9.98. The number of aromatic nitrogens is 2. The summed E-state index contributed by atoms with van der Waals surface area (Å²) in [4.78, 5) is 22.5. The minimum atomic E-state index is -0.0782. The minimum Gasteiger partial charge on any atom is -0.493 e. The number of rotatable bonds is 7. The number of methoxy groups -OCH3 is 1. The molecule has 5 nitrogen and oxygen atoms in total. The number of ether oxygens (including phenoxy) is 2. The van der Waals surface area contributed by atoms with E-state index < -0.39 is 0 Å². The zero-order valence-corrected chi connectivity index (χ0v) is 17.3. The summed E-state index contributed by atoms with van der Waals surface area (Å²) in [5, 5.41) is 0.736. The van der Waals surface area contributed by atoms with Crippen molar-refractivity contribution in [2.45, 2.75) is 40.5 Å². The van der Waals surface area contributed by atoms with E-state index in [0.29, 0.717) is 29.8 Å². The Morgan fingerprint density at radius 2 is 2.04 bits per heavy atom. The molecule has 2 heterocycles. The highest BCUT2D eigenvalue weighted by Crippen LogP contribution is 2.33. The second kappa shape index (κ2) is 8.13. The number of nitrogens with one attached hydrogen (secondary N) is 1. The fraction of sp³-hybridized carbons (Fsp3) is 0.429. The van der Waals surface area contributed by atoms with E-state index in [4.69, 9.17) is 14.5 Å². The molecule has 2 aromatic heterocycles. The molecular formula is C21H26N2O3S. The number of hydrogen-bond acceptors (Lipinski definition) is 5. The second-order valence-corrected chi connectivity index (χ2v) is 7.95. The summed E-state index contributed by atoms with van der Waals surface area (Å²) in [6, 6.07) is 5.57. The molecule has 0 aliphatic rings. The van der Waals surface area contributed by atoms with E-state index in [-0.39, 0.29) is 5.56 Å². The summed E-state index contributed by atoms with van der Waals surface area (Å²) < 4.78 is 11.0. The molecule has 3 rings (SSSR count). The van der Waals surface area contributed by atoms with Gasteiger partial charge in [-0.1, -0.05) is 20.3 Å². The Hall–Kier alpha value is -2.34. The van der Waals surface area contributed by atoms with E-state index in [1.807, 2.05) is 25.1 Å². The summed E-state index contributed by atoms with van der Waals surface area (Å²) in [5.41, 5.74) is 1.85. The van der Waals surface area contributed by atoms with Crippen molar-refractivity contribution >= 4 is 21.6 Å². The third kappa shape index (κ3) is 3.86. The number of fused-ring (bicyclic) bond motifs is 1. The van der Waals surface area contributed by atoms with E-state index in [2.05, 4.69) is 25.8 Å². The highest BCUT2D eigenvalue weighted by molar-refractivity contribution is 7.18. The molecule has 0 radical (unpaired) electrons. The average Bonchev–Trinajstić information content (AvgIpc) is 2.97. The average molecular weight is 387 g/mol. The van der Waals surface area contributed by atoms with Gasteiger partial charge in [0.25, 0.3) is 5.56 Å². The van der Waals surface area contributed by atoms with Crippen molar-refractivity contribution in [3.05, 3.63) is 39.0 Å². The molecule has 27 heavy (non-hydrogen) atoms. The maximum absolute atomic E-state index is 12.9. The van der Waals surface area contributed by atoms with Gasteiger partial charge in [-0.05, 0) is 49.9 Å². The van der Waals surface area contributed by atoms with Crippen LogP contribution in [0.2, 0.25) is 0 Å². The van der Waals surface area contributed by atoms with Gasteiger partial charge in [0.1, 0.15) is 10.7 Å².